The van der Waals surface area contributed by atoms with Crippen molar-refractivity contribution in [1.29, 1.82) is 0 Å². The summed E-state index contributed by atoms with van der Waals surface area (Å²) in [6, 6.07) is 1.30. The molecule has 0 atom stereocenters. The van der Waals surface area contributed by atoms with Crippen molar-refractivity contribution in [3.8, 4) is 5.69 Å². The molecule has 0 saturated carbocycles. The van der Waals surface area contributed by atoms with Crippen LogP contribution in [0.15, 0.2) is 18.5 Å². The van der Waals surface area contributed by atoms with Gasteiger partial charge in [0.15, 0.2) is 11.6 Å². The van der Waals surface area contributed by atoms with Gasteiger partial charge in [0.1, 0.15) is 6.33 Å². The summed E-state index contributed by atoms with van der Waals surface area (Å²) in [5.41, 5.74) is -0.567. The normalized spacial score (nSPS) is 10.4. The van der Waals surface area contributed by atoms with E-state index in [0.29, 0.717) is 6.07 Å². The van der Waals surface area contributed by atoms with Gasteiger partial charge in [-0.2, -0.15) is 4.68 Å². The lowest BCUT2D eigenvalue weighted by molar-refractivity contribution is 0.0696. The van der Waals surface area contributed by atoms with E-state index in [1.807, 2.05) is 0 Å². The monoisotopic (exact) mass is 226 g/mol. The number of hydrogen-bond donors (Lipinski definition) is 1. The SMILES string of the molecule is O=C(O)c1cc(F)c(F)cc1-n1cnnn1. The van der Waals surface area contributed by atoms with Crippen LogP contribution in [-0.2, 0) is 0 Å². The lowest BCUT2D eigenvalue weighted by Crippen LogP contribution is -2.08. The van der Waals surface area contributed by atoms with Crippen LogP contribution in [0, 0.1) is 11.6 Å². The smallest absolute Gasteiger partial charge is 0.338 e. The Morgan fingerprint density at radius 3 is 2.56 bits per heavy atom. The average Bonchev–Trinajstić information content (AvgIpc) is 2.74. The Bertz CT molecular complexity index is 541. The zero-order valence-corrected chi connectivity index (χ0v) is 7.63. The first-order chi connectivity index (χ1) is 7.59. The van der Waals surface area contributed by atoms with E-state index in [9.17, 15) is 13.6 Å². The summed E-state index contributed by atoms with van der Waals surface area (Å²) in [6.45, 7) is 0. The van der Waals surface area contributed by atoms with Crippen LogP contribution in [0.25, 0.3) is 5.69 Å². The molecule has 2 rings (SSSR count). The molecule has 0 aliphatic carbocycles. The molecular weight excluding hydrogens is 222 g/mol. The molecule has 0 fully saturated rings. The number of carboxylic acid groups (broad SMARTS) is 1. The second-order valence-corrected chi connectivity index (χ2v) is 2.84. The molecule has 0 saturated heterocycles. The van der Waals surface area contributed by atoms with Gasteiger partial charge < -0.3 is 5.11 Å². The van der Waals surface area contributed by atoms with Crippen LogP contribution in [0.3, 0.4) is 0 Å². The molecule has 8 heteroatoms. The summed E-state index contributed by atoms with van der Waals surface area (Å²) in [6.07, 6.45) is 1.08. The molecule has 82 valence electrons. The molecule has 0 spiro atoms. The number of hydrogen-bond acceptors (Lipinski definition) is 4. The predicted octanol–water partition coefficient (Wildman–Crippen LogP) is 0.639. The van der Waals surface area contributed by atoms with Gasteiger partial charge in [0.05, 0.1) is 11.3 Å². The Morgan fingerprint density at radius 1 is 1.31 bits per heavy atom. The van der Waals surface area contributed by atoms with E-state index in [2.05, 4.69) is 15.5 Å². The van der Waals surface area contributed by atoms with E-state index in [0.717, 1.165) is 17.1 Å². The van der Waals surface area contributed by atoms with Crippen LogP contribution in [0.4, 0.5) is 8.78 Å². The first-order valence-corrected chi connectivity index (χ1v) is 4.05. The molecule has 0 aliphatic heterocycles. The molecular formula is C8H4F2N4O2. The highest BCUT2D eigenvalue weighted by Gasteiger charge is 2.17. The molecule has 0 radical (unpaired) electrons. The van der Waals surface area contributed by atoms with Gasteiger partial charge in [-0.1, -0.05) is 0 Å². The molecule has 0 unspecified atom stereocenters. The molecule has 1 heterocycles. The number of aromatic carboxylic acids is 1. The summed E-state index contributed by atoms with van der Waals surface area (Å²) in [5.74, 6) is -3.81. The third-order valence-electron chi connectivity index (χ3n) is 1.86. The highest BCUT2D eigenvalue weighted by atomic mass is 19.2. The van der Waals surface area contributed by atoms with Gasteiger partial charge >= 0.3 is 5.97 Å². The van der Waals surface area contributed by atoms with Crippen LogP contribution in [-0.4, -0.2) is 31.3 Å². The van der Waals surface area contributed by atoms with Crippen molar-refractivity contribution in [3.05, 3.63) is 35.7 Å². The Balaban J connectivity index is 2.68. The van der Waals surface area contributed by atoms with Crippen molar-refractivity contribution in [2.24, 2.45) is 0 Å². The van der Waals surface area contributed by atoms with Gasteiger partial charge in [-0.15, -0.1) is 5.10 Å². The van der Waals surface area contributed by atoms with Crippen LogP contribution >= 0.6 is 0 Å². The lowest BCUT2D eigenvalue weighted by Gasteiger charge is -2.05. The summed E-state index contributed by atoms with van der Waals surface area (Å²) in [7, 11) is 0. The molecule has 0 amide bonds. The summed E-state index contributed by atoms with van der Waals surface area (Å²) >= 11 is 0. The third-order valence-corrected chi connectivity index (χ3v) is 1.86. The van der Waals surface area contributed by atoms with Crippen LogP contribution in [0.5, 0.6) is 0 Å². The van der Waals surface area contributed by atoms with E-state index < -0.39 is 23.2 Å². The highest BCUT2D eigenvalue weighted by molar-refractivity contribution is 5.91. The Labute approximate surface area is 87.1 Å². The number of nitrogens with zero attached hydrogens (tertiary/aromatic N) is 4. The largest absolute Gasteiger partial charge is 0.478 e. The van der Waals surface area contributed by atoms with Crippen LogP contribution < -0.4 is 0 Å². The van der Waals surface area contributed by atoms with E-state index >= 15 is 0 Å². The van der Waals surface area contributed by atoms with E-state index in [1.165, 1.54) is 0 Å². The van der Waals surface area contributed by atoms with Gasteiger partial charge in [-0.3, -0.25) is 0 Å². The summed E-state index contributed by atoms with van der Waals surface area (Å²) < 4.78 is 26.8. The number of benzene rings is 1. The number of rotatable bonds is 2. The van der Waals surface area contributed by atoms with Crippen molar-refractivity contribution in [2.45, 2.75) is 0 Å². The molecule has 0 bridgehead atoms. The summed E-state index contributed by atoms with van der Waals surface area (Å²) in [5, 5.41) is 18.8. The minimum absolute atomic E-state index is 0.142. The Kier molecular flexibility index (Phi) is 2.31. The molecule has 1 aromatic carbocycles. The number of carbonyl (C=O) groups is 1. The Hall–Kier alpha value is -2.38. The minimum Gasteiger partial charge on any atom is -0.478 e. The standard InChI is InChI=1S/C8H4F2N4O2/c9-5-1-4(8(15)16)7(2-6(5)10)14-3-11-12-13-14/h1-3H,(H,15,16). The van der Waals surface area contributed by atoms with Crippen LogP contribution in [0.1, 0.15) is 10.4 Å². The van der Waals surface area contributed by atoms with Crippen molar-refractivity contribution in [2.75, 3.05) is 0 Å². The molecule has 16 heavy (non-hydrogen) atoms. The maximum atomic E-state index is 13.0. The zero-order chi connectivity index (χ0) is 11.7. The van der Waals surface area contributed by atoms with E-state index in [4.69, 9.17) is 5.11 Å². The first kappa shape index (κ1) is 10.1. The number of carboxylic acids is 1. The van der Waals surface area contributed by atoms with Crippen LogP contribution in [0.2, 0.25) is 0 Å². The van der Waals surface area contributed by atoms with Gasteiger partial charge in [-0.05, 0) is 16.5 Å². The molecule has 0 aliphatic rings. The van der Waals surface area contributed by atoms with Crippen molar-refractivity contribution >= 4 is 5.97 Å². The van der Waals surface area contributed by atoms with Crippen molar-refractivity contribution in [3.63, 3.8) is 0 Å². The molecule has 6 nitrogen and oxygen atoms in total. The van der Waals surface area contributed by atoms with Gasteiger partial charge in [0.2, 0.25) is 0 Å². The molecule has 2 aromatic rings. The second kappa shape index (κ2) is 3.65. The maximum absolute atomic E-state index is 13.0. The zero-order valence-electron chi connectivity index (χ0n) is 7.63. The molecule has 1 aromatic heterocycles. The first-order valence-electron chi connectivity index (χ1n) is 4.05. The fraction of sp³-hybridized carbons (Fsp3) is 0. The highest BCUT2D eigenvalue weighted by Crippen LogP contribution is 2.17. The van der Waals surface area contributed by atoms with Gasteiger partial charge in [-0.25, -0.2) is 13.6 Å². The van der Waals surface area contributed by atoms with E-state index in [-0.39, 0.29) is 5.69 Å². The molecule has 1 N–H and O–H groups in total. The fourth-order valence-electron chi connectivity index (χ4n) is 1.17. The number of aromatic nitrogens is 4. The van der Waals surface area contributed by atoms with Gasteiger partial charge in [0.25, 0.3) is 0 Å². The summed E-state index contributed by atoms with van der Waals surface area (Å²) in [4.78, 5) is 10.8. The maximum Gasteiger partial charge on any atom is 0.338 e. The van der Waals surface area contributed by atoms with Crippen molar-refractivity contribution < 1.29 is 18.7 Å². The quantitative estimate of drug-likeness (QED) is 0.812. The predicted molar refractivity (Wildman–Crippen MR) is 46.0 cm³/mol. The number of halogens is 2. The third kappa shape index (κ3) is 1.60. The second-order valence-electron chi connectivity index (χ2n) is 2.84. The van der Waals surface area contributed by atoms with Crippen molar-refractivity contribution in [1.82, 2.24) is 20.2 Å². The fourth-order valence-corrected chi connectivity index (χ4v) is 1.17. The topological polar surface area (TPSA) is 80.9 Å². The number of tetrazole rings is 1. The minimum atomic E-state index is -1.40. The van der Waals surface area contributed by atoms with Gasteiger partial charge in [0, 0.05) is 6.07 Å². The lowest BCUT2D eigenvalue weighted by atomic mass is 10.1. The Morgan fingerprint density at radius 2 is 2.00 bits per heavy atom. The van der Waals surface area contributed by atoms with E-state index in [1.54, 1.807) is 0 Å². The average molecular weight is 226 g/mol.